The first-order chi connectivity index (χ1) is 12.0. The molecule has 0 heterocycles. The van der Waals surface area contributed by atoms with Crippen LogP contribution in [0, 0.1) is 0 Å². The van der Waals surface area contributed by atoms with E-state index in [0.29, 0.717) is 22.1 Å². The number of para-hydroxylation sites is 1. The summed E-state index contributed by atoms with van der Waals surface area (Å²) in [5.74, 6) is 0.193. The van der Waals surface area contributed by atoms with Gasteiger partial charge in [-0.3, -0.25) is 4.79 Å². The minimum Gasteiger partial charge on any atom is -0.506 e. The Morgan fingerprint density at radius 3 is 2.60 bits per heavy atom. The molecule has 0 aliphatic rings. The Morgan fingerprint density at radius 1 is 1.16 bits per heavy atom. The zero-order valence-corrected chi connectivity index (χ0v) is 15.1. The predicted octanol–water partition coefficient (Wildman–Crippen LogP) is 4.59. The van der Waals surface area contributed by atoms with Gasteiger partial charge >= 0.3 is 0 Å². The molecule has 0 fully saturated rings. The van der Waals surface area contributed by atoms with E-state index < -0.39 is 5.78 Å². The van der Waals surface area contributed by atoms with Crippen LogP contribution < -0.4 is 9.47 Å². The van der Waals surface area contributed by atoms with Crippen molar-refractivity contribution in [2.45, 2.75) is 0 Å². The van der Waals surface area contributed by atoms with Crippen molar-refractivity contribution >= 4 is 35.1 Å². The highest BCUT2D eigenvalue weighted by Crippen LogP contribution is 2.34. The Balaban J connectivity index is 2.32. The number of ketones is 1. The van der Waals surface area contributed by atoms with E-state index in [0.717, 1.165) is 0 Å². The Bertz CT molecular complexity index is 802. The number of hydrogen-bond acceptors (Lipinski definition) is 5. The summed E-state index contributed by atoms with van der Waals surface area (Å²) in [6, 6.07) is 7.77. The van der Waals surface area contributed by atoms with E-state index in [1.54, 1.807) is 18.2 Å². The Kier molecular flexibility index (Phi) is 6.70. The van der Waals surface area contributed by atoms with Crippen molar-refractivity contribution in [1.82, 2.24) is 0 Å². The summed E-state index contributed by atoms with van der Waals surface area (Å²) in [5, 5.41) is 10.3. The third-order valence-corrected chi connectivity index (χ3v) is 3.88. The van der Waals surface area contributed by atoms with E-state index in [2.05, 4.69) is 0 Å². The van der Waals surface area contributed by atoms with E-state index >= 15 is 0 Å². The number of carbonyl (C=O) groups is 1. The zero-order valence-electron chi connectivity index (χ0n) is 13.6. The van der Waals surface area contributed by atoms with Crippen LogP contribution in [-0.2, 0) is 4.74 Å². The fraction of sp³-hybridized carbons (Fsp3) is 0.167. The van der Waals surface area contributed by atoms with Crippen LogP contribution in [0.25, 0.3) is 6.08 Å². The van der Waals surface area contributed by atoms with Crippen molar-refractivity contribution in [3.05, 3.63) is 57.6 Å². The highest BCUT2D eigenvalue weighted by Gasteiger charge is 2.12. The van der Waals surface area contributed by atoms with Gasteiger partial charge in [0.2, 0.25) is 0 Å². The van der Waals surface area contributed by atoms with Gasteiger partial charge in [-0.15, -0.1) is 0 Å². The minimum atomic E-state index is -0.406. The smallest absolute Gasteiger partial charge is 0.189 e. The standard InChI is InChI=1S/C18H16Cl2O5/c1-23-10-25-17-8-11(16(24-2)9-14(17)20)6-7-15(21)12-4-3-5-13(19)18(12)22/h3-9,22H,10H2,1-2H3. The number of methoxy groups -OCH3 is 2. The van der Waals surface area contributed by atoms with E-state index in [9.17, 15) is 9.90 Å². The Hall–Kier alpha value is -2.21. The monoisotopic (exact) mass is 382 g/mol. The van der Waals surface area contributed by atoms with Crippen LogP contribution in [0.4, 0.5) is 0 Å². The fourth-order valence-electron chi connectivity index (χ4n) is 2.06. The lowest BCUT2D eigenvalue weighted by Gasteiger charge is -2.11. The molecular formula is C18H16Cl2O5. The zero-order chi connectivity index (χ0) is 18.4. The van der Waals surface area contributed by atoms with Crippen LogP contribution in [-0.4, -0.2) is 31.9 Å². The number of carbonyl (C=O) groups excluding carboxylic acids is 1. The normalized spacial score (nSPS) is 10.9. The third-order valence-electron chi connectivity index (χ3n) is 3.28. The molecule has 0 radical (unpaired) electrons. The molecule has 0 bridgehead atoms. The highest BCUT2D eigenvalue weighted by molar-refractivity contribution is 6.33. The van der Waals surface area contributed by atoms with Crippen LogP contribution in [0.5, 0.6) is 17.2 Å². The largest absolute Gasteiger partial charge is 0.506 e. The van der Waals surface area contributed by atoms with Gasteiger partial charge in [-0.25, -0.2) is 0 Å². The summed E-state index contributed by atoms with van der Waals surface area (Å²) in [5.41, 5.74) is 0.681. The molecule has 7 heteroatoms. The van der Waals surface area contributed by atoms with E-state index in [1.807, 2.05) is 0 Å². The van der Waals surface area contributed by atoms with Crippen molar-refractivity contribution in [3.8, 4) is 17.2 Å². The molecule has 2 aromatic rings. The van der Waals surface area contributed by atoms with Crippen LogP contribution >= 0.6 is 23.2 Å². The molecule has 1 N–H and O–H groups in total. The second-order valence-corrected chi connectivity index (χ2v) is 5.72. The van der Waals surface area contributed by atoms with E-state index in [-0.39, 0.29) is 23.1 Å². The summed E-state index contributed by atoms with van der Waals surface area (Å²) in [6.45, 7) is 0.0323. The molecule has 0 aliphatic carbocycles. The molecule has 2 rings (SSSR count). The molecule has 0 aliphatic heterocycles. The van der Waals surface area contributed by atoms with Gasteiger partial charge in [0.15, 0.2) is 12.6 Å². The highest BCUT2D eigenvalue weighted by atomic mass is 35.5. The average Bonchev–Trinajstić information content (AvgIpc) is 2.61. The fourth-order valence-corrected chi connectivity index (χ4v) is 2.44. The van der Waals surface area contributed by atoms with Crippen LogP contribution in [0.2, 0.25) is 10.0 Å². The number of allylic oxidation sites excluding steroid dienone is 1. The second kappa shape index (κ2) is 8.76. The molecule has 132 valence electrons. The van der Waals surface area contributed by atoms with Gasteiger partial charge in [-0.05, 0) is 30.4 Å². The molecule has 0 amide bonds. The number of hydrogen-bond donors (Lipinski definition) is 1. The number of phenols is 1. The Labute approximate surface area is 155 Å². The van der Waals surface area contributed by atoms with Gasteiger partial charge in [-0.2, -0.15) is 0 Å². The maximum atomic E-state index is 12.3. The number of ether oxygens (including phenoxy) is 3. The van der Waals surface area contributed by atoms with Crippen molar-refractivity contribution in [1.29, 1.82) is 0 Å². The number of aromatic hydroxyl groups is 1. The van der Waals surface area contributed by atoms with Crippen LogP contribution in [0.15, 0.2) is 36.4 Å². The lowest BCUT2D eigenvalue weighted by molar-refractivity contribution is 0.0511. The summed E-state index contributed by atoms with van der Waals surface area (Å²) < 4.78 is 15.5. The molecule has 0 unspecified atom stereocenters. The maximum absolute atomic E-state index is 12.3. The van der Waals surface area contributed by atoms with Crippen molar-refractivity contribution in [2.75, 3.05) is 21.0 Å². The Morgan fingerprint density at radius 2 is 1.92 bits per heavy atom. The first-order valence-corrected chi connectivity index (χ1v) is 7.92. The van der Waals surface area contributed by atoms with Gasteiger partial charge in [0.1, 0.15) is 17.2 Å². The SMILES string of the molecule is COCOc1cc(C=CC(=O)c2cccc(Cl)c2O)c(OC)cc1Cl. The molecule has 25 heavy (non-hydrogen) atoms. The summed E-state index contributed by atoms with van der Waals surface area (Å²) >= 11 is 11.9. The van der Waals surface area contributed by atoms with E-state index in [4.69, 9.17) is 37.4 Å². The second-order valence-electron chi connectivity index (χ2n) is 4.91. The lowest BCUT2D eigenvalue weighted by Crippen LogP contribution is -2.00. The molecular weight excluding hydrogens is 367 g/mol. The molecule has 0 spiro atoms. The third kappa shape index (κ3) is 4.66. The molecule has 2 aromatic carbocycles. The first kappa shape index (κ1) is 19.1. The van der Waals surface area contributed by atoms with Crippen molar-refractivity contribution < 1.29 is 24.1 Å². The molecule has 5 nitrogen and oxygen atoms in total. The van der Waals surface area contributed by atoms with Crippen LogP contribution in [0.3, 0.4) is 0 Å². The molecule has 0 aromatic heterocycles. The van der Waals surface area contributed by atoms with Gasteiger partial charge in [0.05, 0.1) is 22.7 Å². The van der Waals surface area contributed by atoms with E-state index in [1.165, 1.54) is 38.5 Å². The van der Waals surface area contributed by atoms with Crippen molar-refractivity contribution in [2.24, 2.45) is 0 Å². The molecule has 0 atom stereocenters. The average molecular weight is 383 g/mol. The number of halogens is 2. The lowest BCUT2D eigenvalue weighted by atomic mass is 10.1. The number of rotatable bonds is 7. The quantitative estimate of drug-likeness (QED) is 0.431. The molecule has 0 saturated heterocycles. The minimum absolute atomic E-state index is 0.0323. The predicted molar refractivity (Wildman–Crippen MR) is 97.0 cm³/mol. The maximum Gasteiger partial charge on any atom is 0.189 e. The van der Waals surface area contributed by atoms with Gasteiger partial charge in [0.25, 0.3) is 0 Å². The summed E-state index contributed by atoms with van der Waals surface area (Å²) in [4.78, 5) is 12.3. The van der Waals surface area contributed by atoms with Crippen LogP contribution in [0.1, 0.15) is 15.9 Å². The van der Waals surface area contributed by atoms with Gasteiger partial charge in [0, 0.05) is 18.7 Å². The topological polar surface area (TPSA) is 65.0 Å². The summed E-state index contributed by atoms with van der Waals surface area (Å²) in [7, 11) is 2.98. The molecule has 0 saturated carbocycles. The summed E-state index contributed by atoms with van der Waals surface area (Å²) in [6.07, 6.45) is 2.84. The van der Waals surface area contributed by atoms with Crippen molar-refractivity contribution in [3.63, 3.8) is 0 Å². The first-order valence-electron chi connectivity index (χ1n) is 7.17. The number of phenolic OH excluding ortho intramolecular Hbond substituents is 1. The van der Waals surface area contributed by atoms with Gasteiger partial charge in [-0.1, -0.05) is 29.3 Å². The van der Waals surface area contributed by atoms with Gasteiger partial charge < -0.3 is 19.3 Å². The number of benzene rings is 2.